The molecule has 0 aliphatic rings. The first-order valence-electron chi connectivity index (χ1n) is 5.10. The minimum atomic E-state index is -3.18. The summed E-state index contributed by atoms with van der Waals surface area (Å²) < 4.78 is 22.4. The first-order chi connectivity index (χ1) is 7.36. The molecular formula is C11H17NO3S. The molecule has 1 aromatic carbocycles. The second-order valence-corrected chi connectivity index (χ2v) is 5.87. The van der Waals surface area contributed by atoms with E-state index in [0.717, 1.165) is 6.26 Å². The lowest BCUT2D eigenvalue weighted by atomic mass is 10.0. The highest BCUT2D eigenvalue weighted by atomic mass is 32.2. The van der Waals surface area contributed by atoms with E-state index in [1.165, 1.54) is 12.1 Å². The molecule has 2 atom stereocenters. The Morgan fingerprint density at radius 3 is 2.19 bits per heavy atom. The summed E-state index contributed by atoms with van der Waals surface area (Å²) in [6.07, 6.45) is 1.06. The van der Waals surface area contributed by atoms with Gasteiger partial charge in [-0.15, -0.1) is 0 Å². The van der Waals surface area contributed by atoms with Crippen LogP contribution in [0.3, 0.4) is 0 Å². The van der Waals surface area contributed by atoms with E-state index in [1.54, 1.807) is 12.1 Å². The van der Waals surface area contributed by atoms with Crippen LogP contribution in [0.15, 0.2) is 29.2 Å². The Balaban J connectivity index is 2.96. The van der Waals surface area contributed by atoms with Crippen molar-refractivity contribution in [1.82, 2.24) is 0 Å². The molecule has 0 saturated heterocycles. The summed E-state index contributed by atoms with van der Waals surface area (Å²) in [5.41, 5.74) is 6.34. The Bertz CT molecular complexity index is 439. The van der Waals surface area contributed by atoms with Gasteiger partial charge < -0.3 is 10.8 Å². The SMILES string of the molecule is CCC(N)[C@@H](O)c1ccc(S(C)(=O)=O)cc1. The molecular weight excluding hydrogens is 226 g/mol. The number of hydrogen-bond donors (Lipinski definition) is 2. The van der Waals surface area contributed by atoms with Gasteiger partial charge in [-0.25, -0.2) is 8.42 Å². The van der Waals surface area contributed by atoms with Crippen LogP contribution in [0.2, 0.25) is 0 Å². The topological polar surface area (TPSA) is 80.4 Å². The summed E-state index contributed by atoms with van der Waals surface area (Å²) in [5.74, 6) is 0. The monoisotopic (exact) mass is 243 g/mol. The summed E-state index contributed by atoms with van der Waals surface area (Å²) >= 11 is 0. The highest BCUT2D eigenvalue weighted by molar-refractivity contribution is 7.90. The fraction of sp³-hybridized carbons (Fsp3) is 0.455. The average Bonchev–Trinajstić information content (AvgIpc) is 2.26. The van der Waals surface area contributed by atoms with Crippen LogP contribution >= 0.6 is 0 Å². The van der Waals surface area contributed by atoms with Crippen LogP contribution in [0.5, 0.6) is 0 Å². The Morgan fingerprint density at radius 2 is 1.81 bits per heavy atom. The molecule has 90 valence electrons. The minimum absolute atomic E-state index is 0.244. The fourth-order valence-corrected chi connectivity index (χ4v) is 2.01. The third-order valence-electron chi connectivity index (χ3n) is 2.53. The van der Waals surface area contributed by atoms with Crippen LogP contribution in [0.4, 0.5) is 0 Å². The van der Waals surface area contributed by atoms with Crippen molar-refractivity contribution in [3.8, 4) is 0 Å². The third kappa shape index (κ3) is 3.04. The molecule has 5 heteroatoms. The number of benzene rings is 1. The van der Waals surface area contributed by atoms with E-state index in [2.05, 4.69) is 0 Å². The molecule has 0 heterocycles. The van der Waals surface area contributed by atoms with Crippen molar-refractivity contribution in [3.05, 3.63) is 29.8 Å². The molecule has 3 N–H and O–H groups in total. The Labute approximate surface area is 96.0 Å². The number of nitrogens with two attached hydrogens (primary N) is 1. The highest BCUT2D eigenvalue weighted by Gasteiger charge is 2.15. The number of aliphatic hydroxyl groups is 1. The highest BCUT2D eigenvalue weighted by Crippen LogP contribution is 2.19. The Morgan fingerprint density at radius 1 is 1.31 bits per heavy atom. The first kappa shape index (κ1) is 13.2. The Hall–Kier alpha value is -0.910. The molecule has 4 nitrogen and oxygen atoms in total. The van der Waals surface area contributed by atoms with E-state index in [9.17, 15) is 13.5 Å². The standard InChI is InChI=1S/C11H17NO3S/c1-3-10(12)11(13)8-4-6-9(7-5-8)16(2,14)15/h4-7,10-11,13H,3,12H2,1-2H3/t10?,11-/m0/s1. The molecule has 0 aromatic heterocycles. The normalized spacial score (nSPS) is 15.8. The lowest BCUT2D eigenvalue weighted by Gasteiger charge is -2.17. The fourth-order valence-electron chi connectivity index (χ4n) is 1.38. The predicted octanol–water partition coefficient (Wildman–Crippen LogP) is 0.861. The van der Waals surface area contributed by atoms with Gasteiger partial charge >= 0.3 is 0 Å². The molecule has 0 bridgehead atoms. The van der Waals surface area contributed by atoms with Gasteiger partial charge in [0.15, 0.2) is 9.84 Å². The molecule has 1 unspecified atom stereocenters. The van der Waals surface area contributed by atoms with Crippen molar-refractivity contribution in [1.29, 1.82) is 0 Å². The quantitative estimate of drug-likeness (QED) is 0.822. The Kier molecular flexibility index (Phi) is 4.07. The maximum atomic E-state index is 11.2. The number of aliphatic hydroxyl groups excluding tert-OH is 1. The molecule has 0 amide bonds. The van der Waals surface area contributed by atoms with Crippen LogP contribution < -0.4 is 5.73 Å². The zero-order valence-electron chi connectivity index (χ0n) is 9.42. The first-order valence-corrected chi connectivity index (χ1v) is 6.99. The summed E-state index contributed by atoms with van der Waals surface area (Å²) in [5, 5.41) is 9.81. The lowest BCUT2D eigenvalue weighted by molar-refractivity contribution is 0.144. The predicted molar refractivity (Wildman–Crippen MR) is 62.8 cm³/mol. The van der Waals surface area contributed by atoms with Crippen molar-refractivity contribution in [2.24, 2.45) is 5.73 Å². The van der Waals surface area contributed by atoms with Gasteiger partial charge in [0.25, 0.3) is 0 Å². The molecule has 0 aliphatic carbocycles. The minimum Gasteiger partial charge on any atom is -0.387 e. The van der Waals surface area contributed by atoms with Crippen LogP contribution in [-0.2, 0) is 9.84 Å². The van der Waals surface area contributed by atoms with E-state index >= 15 is 0 Å². The maximum Gasteiger partial charge on any atom is 0.175 e. The van der Waals surface area contributed by atoms with Crippen LogP contribution in [0.1, 0.15) is 25.0 Å². The number of rotatable bonds is 4. The van der Waals surface area contributed by atoms with E-state index in [4.69, 9.17) is 5.73 Å². The maximum absolute atomic E-state index is 11.2. The van der Waals surface area contributed by atoms with E-state index in [1.807, 2.05) is 6.92 Å². The number of sulfone groups is 1. The smallest absolute Gasteiger partial charge is 0.175 e. The van der Waals surface area contributed by atoms with Gasteiger partial charge in [-0.3, -0.25) is 0 Å². The summed E-state index contributed by atoms with van der Waals surface area (Å²) in [6, 6.07) is 5.82. The number of hydrogen-bond acceptors (Lipinski definition) is 4. The molecule has 16 heavy (non-hydrogen) atoms. The van der Waals surface area contributed by atoms with Gasteiger partial charge in [0.05, 0.1) is 11.0 Å². The molecule has 0 fully saturated rings. The van der Waals surface area contributed by atoms with E-state index in [-0.39, 0.29) is 10.9 Å². The van der Waals surface area contributed by atoms with Crippen molar-refractivity contribution < 1.29 is 13.5 Å². The van der Waals surface area contributed by atoms with Gasteiger partial charge in [0.1, 0.15) is 0 Å². The molecule has 1 rings (SSSR count). The van der Waals surface area contributed by atoms with Crippen LogP contribution in [-0.4, -0.2) is 25.8 Å². The molecule has 0 spiro atoms. The summed E-state index contributed by atoms with van der Waals surface area (Å²) in [4.78, 5) is 0.244. The zero-order valence-corrected chi connectivity index (χ0v) is 10.2. The van der Waals surface area contributed by atoms with Gasteiger partial charge in [0, 0.05) is 12.3 Å². The van der Waals surface area contributed by atoms with Crippen molar-refractivity contribution >= 4 is 9.84 Å². The molecule has 0 saturated carbocycles. The lowest BCUT2D eigenvalue weighted by Crippen LogP contribution is -2.27. The van der Waals surface area contributed by atoms with Crippen molar-refractivity contribution in [3.63, 3.8) is 0 Å². The zero-order chi connectivity index (χ0) is 12.3. The molecule has 0 aliphatic heterocycles. The van der Waals surface area contributed by atoms with Gasteiger partial charge in [-0.2, -0.15) is 0 Å². The van der Waals surface area contributed by atoms with E-state index in [0.29, 0.717) is 12.0 Å². The second kappa shape index (κ2) is 4.95. The van der Waals surface area contributed by atoms with Gasteiger partial charge in [-0.05, 0) is 24.1 Å². The van der Waals surface area contributed by atoms with Crippen molar-refractivity contribution in [2.45, 2.75) is 30.4 Å². The average molecular weight is 243 g/mol. The van der Waals surface area contributed by atoms with Crippen LogP contribution in [0.25, 0.3) is 0 Å². The molecule has 1 aromatic rings. The summed E-state index contributed by atoms with van der Waals surface area (Å²) in [7, 11) is -3.18. The van der Waals surface area contributed by atoms with Gasteiger partial charge in [0.2, 0.25) is 0 Å². The van der Waals surface area contributed by atoms with E-state index < -0.39 is 15.9 Å². The molecule has 0 radical (unpaired) electrons. The second-order valence-electron chi connectivity index (χ2n) is 3.86. The summed E-state index contributed by atoms with van der Waals surface area (Å²) in [6.45, 7) is 1.89. The van der Waals surface area contributed by atoms with Crippen molar-refractivity contribution in [2.75, 3.05) is 6.26 Å². The largest absolute Gasteiger partial charge is 0.387 e. The van der Waals surface area contributed by atoms with Crippen LogP contribution in [0, 0.1) is 0 Å². The third-order valence-corrected chi connectivity index (χ3v) is 3.66. The van der Waals surface area contributed by atoms with Gasteiger partial charge in [-0.1, -0.05) is 19.1 Å².